The van der Waals surface area contributed by atoms with Crippen LogP contribution in [0.25, 0.3) is 0 Å². The average Bonchev–Trinajstić information content (AvgIpc) is 2.53. The lowest BCUT2D eigenvalue weighted by Crippen LogP contribution is -2.42. The number of amides is 2. The molecule has 0 unspecified atom stereocenters. The first-order valence-corrected chi connectivity index (χ1v) is 7.27. The summed E-state index contributed by atoms with van der Waals surface area (Å²) in [6, 6.07) is 11.3. The van der Waals surface area contributed by atoms with Gasteiger partial charge in [-0.3, -0.25) is 30.6 Å². The Morgan fingerprint density at radius 1 is 1.08 bits per heavy atom. The molecule has 2 aromatic rings. The number of hydrazine groups is 1. The maximum Gasteiger partial charge on any atom is 0.273 e. The van der Waals surface area contributed by atoms with Gasteiger partial charge in [0.15, 0.2) is 0 Å². The van der Waals surface area contributed by atoms with Gasteiger partial charge in [0.25, 0.3) is 11.6 Å². The number of hydrogen-bond acceptors (Lipinski definition) is 4. The van der Waals surface area contributed by atoms with Crippen LogP contribution in [0.15, 0.2) is 42.5 Å². The zero-order chi connectivity index (χ0) is 17.7. The fourth-order valence-corrected chi connectivity index (χ4v) is 2.32. The van der Waals surface area contributed by atoms with Crippen LogP contribution in [0.2, 0.25) is 0 Å². The number of nitro benzene ring substituents is 1. The summed E-state index contributed by atoms with van der Waals surface area (Å²) >= 11 is 0. The van der Waals surface area contributed by atoms with Crippen molar-refractivity contribution in [2.45, 2.75) is 20.3 Å². The molecule has 0 saturated carbocycles. The quantitative estimate of drug-likeness (QED) is 0.664. The van der Waals surface area contributed by atoms with Crippen LogP contribution in [0.1, 0.15) is 27.0 Å². The van der Waals surface area contributed by atoms with Crippen molar-refractivity contribution in [2.75, 3.05) is 0 Å². The number of nitrogens with one attached hydrogen (secondary N) is 2. The Morgan fingerprint density at radius 3 is 2.46 bits per heavy atom. The molecule has 0 saturated heterocycles. The molecule has 0 spiro atoms. The topological polar surface area (TPSA) is 101 Å². The van der Waals surface area contributed by atoms with Gasteiger partial charge in [-0.05, 0) is 25.5 Å². The molecule has 0 heterocycles. The van der Waals surface area contributed by atoms with Gasteiger partial charge in [-0.1, -0.05) is 35.9 Å². The summed E-state index contributed by atoms with van der Waals surface area (Å²) in [7, 11) is 0. The molecule has 2 aromatic carbocycles. The second-order valence-electron chi connectivity index (χ2n) is 5.38. The largest absolute Gasteiger partial charge is 0.273 e. The van der Waals surface area contributed by atoms with Crippen molar-refractivity contribution in [3.05, 3.63) is 74.8 Å². The Bertz CT molecular complexity index is 802. The van der Waals surface area contributed by atoms with Gasteiger partial charge >= 0.3 is 0 Å². The first-order valence-electron chi connectivity index (χ1n) is 7.27. The van der Waals surface area contributed by atoms with Gasteiger partial charge in [0.1, 0.15) is 0 Å². The van der Waals surface area contributed by atoms with Crippen molar-refractivity contribution in [3.8, 4) is 0 Å². The van der Waals surface area contributed by atoms with Crippen molar-refractivity contribution < 1.29 is 14.5 Å². The third kappa shape index (κ3) is 4.16. The Kier molecular flexibility index (Phi) is 5.26. The molecule has 2 rings (SSSR count). The normalized spacial score (nSPS) is 10.1. The van der Waals surface area contributed by atoms with E-state index in [-0.39, 0.29) is 17.7 Å². The van der Waals surface area contributed by atoms with Crippen LogP contribution in [0.5, 0.6) is 0 Å². The van der Waals surface area contributed by atoms with Gasteiger partial charge < -0.3 is 0 Å². The molecule has 2 N–H and O–H groups in total. The fraction of sp³-hybridized carbons (Fsp3) is 0.176. The third-order valence-electron chi connectivity index (χ3n) is 3.48. The molecule has 124 valence electrons. The van der Waals surface area contributed by atoms with E-state index >= 15 is 0 Å². The third-order valence-corrected chi connectivity index (χ3v) is 3.48. The molecule has 0 aromatic heterocycles. The number of benzene rings is 2. The molecule has 7 nitrogen and oxygen atoms in total. The zero-order valence-electron chi connectivity index (χ0n) is 13.3. The van der Waals surface area contributed by atoms with Crippen molar-refractivity contribution >= 4 is 17.5 Å². The van der Waals surface area contributed by atoms with E-state index < -0.39 is 16.7 Å². The Labute approximate surface area is 138 Å². The summed E-state index contributed by atoms with van der Waals surface area (Å²) in [6.07, 6.45) is -0.204. The molecule has 0 radical (unpaired) electrons. The minimum Gasteiger partial charge on any atom is -0.273 e. The van der Waals surface area contributed by atoms with Crippen molar-refractivity contribution in [3.63, 3.8) is 0 Å². The minimum atomic E-state index is -0.545. The van der Waals surface area contributed by atoms with E-state index in [4.69, 9.17) is 0 Å². The molecular weight excluding hydrogens is 310 g/mol. The summed E-state index contributed by atoms with van der Waals surface area (Å²) in [5, 5.41) is 10.9. The molecule has 0 bridgehead atoms. The maximum atomic E-state index is 12.1. The van der Waals surface area contributed by atoms with Crippen LogP contribution < -0.4 is 10.9 Å². The number of para-hydroxylation sites is 1. The average molecular weight is 327 g/mol. The SMILES string of the molecule is Cc1ccc(C(=O)NNC(=O)Cc2ccccc2[N+](=O)[O-])c(C)c1. The minimum absolute atomic E-state index is 0.131. The second-order valence-corrected chi connectivity index (χ2v) is 5.38. The number of hydrogen-bond donors (Lipinski definition) is 2. The van der Waals surface area contributed by atoms with Crippen LogP contribution in [0.4, 0.5) is 5.69 Å². The van der Waals surface area contributed by atoms with Gasteiger partial charge in [0.05, 0.1) is 11.3 Å². The highest BCUT2D eigenvalue weighted by atomic mass is 16.6. The maximum absolute atomic E-state index is 12.1. The fourth-order valence-electron chi connectivity index (χ4n) is 2.32. The summed E-state index contributed by atoms with van der Waals surface area (Å²) in [5.41, 5.74) is 7.02. The van der Waals surface area contributed by atoms with Gasteiger partial charge in [0, 0.05) is 17.2 Å². The van der Waals surface area contributed by atoms with Crippen molar-refractivity contribution in [1.29, 1.82) is 0 Å². The van der Waals surface area contributed by atoms with Gasteiger partial charge in [-0.15, -0.1) is 0 Å². The first-order chi connectivity index (χ1) is 11.4. The van der Waals surface area contributed by atoms with Crippen molar-refractivity contribution in [2.24, 2.45) is 0 Å². The number of rotatable bonds is 4. The molecule has 0 aliphatic heterocycles. The Hall–Kier alpha value is -3.22. The number of nitro groups is 1. The smallest absolute Gasteiger partial charge is 0.273 e. The van der Waals surface area contributed by atoms with Gasteiger partial charge in [-0.2, -0.15) is 0 Å². The van der Waals surface area contributed by atoms with E-state index in [2.05, 4.69) is 10.9 Å². The highest BCUT2D eigenvalue weighted by molar-refractivity contribution is 5.96. The molecule has 0 atom stereocenters. The summed E-state index contributed by atoms with van der Waals surface area (Å²) < 4.78 is 0. The number of nitrogens with zero attached hydrogens (tertiary/aromatic N) is 1. The van der Waals surface area contributed by atoms with Crippen LogP contribution in [-0.4, -0.2) is 16.7 Å². The predicted octanol–water partition coefficient (Wildman–Crippen LogP) is 2.22. The zero-order valence-corrected chi connectivity index (χ0v) is 13.3. The van der Waals surface area contributed by atoms with Crippen LogP contribution in [0, 0.1) is 24.0 Å². The first kappa shape index (κ1) is 17.1. The monoisotopic (exact) mass is 327 g/mol. The molecule has 2 amide bonds. The lowest BCUT2D eigenvalue weighted by Gasteiger charge is -2.10. The number of aryl methyl sites for hydroxylation is 2. The number of carbonyl (C=O) groups is 2. The predicted molar refractivity (Wildman–Crippen MR) is 88.3 cm³/mol. The summed E-state index contributed by atoms with van der Waals surface area (Å²) in [4.78, 5) is 34.4. The highest BCUT2D eigenvalue weighted by Crippen LogP contribution is 2.17. The highest BCUT2D eigenvalue weighted by Gasteiger charge is 2.16. The molecule has 0 fully saturated rings. The second kappa shape index (κ2) is 7.36. The molecule has 7 heteroatoms. The summed E-state index contributed by atoms with van der Waals surface area (Å²) in [6.45, 7) is 3.72. The Morgan fingerprint density at radius 2 is 1.79 bits per heavy atom. The lowest BCUT2D eigenvalue weighted by molar-refractivity contribution is -0.385. The summed E-state index contributed by atoms with van der Waals surface area (Å²) in [5.74, 6) is -0.981. The van der Waals surface area contributed by atoms with E-state index in [1.165, 1.54) is 18.2 Å². The molecular formula is C17H17N3O4. The van der Waals surface area contributed by atoms with Crippen LogP contribution in [-0.2, 0) is 11.2 Å². The standard InChI is InChI=1S/C17H17N3O4/c1-11-7-8-14(12(2)9-11)17(22)19-18-16(21)10-13-5-3-4-6-15(13)20(23)24/h3-9H,10H2,1-2H3,(H,18,21)(H,19,22). The van der Waals surface area contributed by atoms with E-state index in [0.717, 1.165) is 11.1 Å². The molecule has 0 aliphatic carbocycles. The molecule has 24 heavy (non-hydrogen) atoms. The van der Waals surface area contributed by atoms with E-state index in [1.54, 1.807) is 25.1 Å². The van der Waals surface area contributed by atoms with Crippen molar-refractivity contribution in [1.82, 2.24) is 10.9 Å². The van der Waals surface area contributed by atoms with Crippen LogP contribution in [0.3, 0.4) is 0 Å². The van der Waals surface area contributed by atoms with Gasteiger partial charge in [0.2, 0.25) is 5.91 Å². The van der Waals surface area contributed by atoms with Crippen LogP contribution >= 0.6 is 0 Å². The van der Waals surface area contributed by atoms with Gasteiger partial charge in [-0.25, -0.2) is 0 Å². The Balaban J connectivity index is 1.99. The lowest BCUT2D eigenvalue weighted by atomic mass is 10.1. The number of carbonyl (C=O) groups excluding carboxylic acids is 2. The van der Waals surface area contributed by atoms with E-state index in [1.807, 2.05) is 13.0 Å². The van der Waals surface area contributed by atoms with E-state index in [0.29, 0.717) is 5.56 Å². The molecule has 0 aliphatic rings. The van der Waals surface area contributed by atoms with E-state index in [9.17, 15) is 19.7 Å².